The first-order chi connectivity index (χ1) is 9.76. The predicted octanol–water partition coefficient (Wildman–Crippen LogP) is 3.11. The second-order valence-electron chi connectivity index (χ2n) is 5.26. The topological polar surface area (TPSA) is 54.0 Å². The van der Waals surface area contributed by atoms with Crippen LogP contribution in [0, 0.1) is 0 Å². The van der Waals surface area contributed by atoms with Crippen molar-refractivity contribution in [3.8, 4) is 0 Å². The summed E-state index contributed by atoms with van der Waals surface area (Å²) in [5, 5.41) is 7.25. The van der Waals surface area contributed by atoms with E-state index in [0.29, 0.717) is 12.3 Å². The van der Waals surface area contributed by atoms with Gasteiger partial charge in [-0.1, -0.05) is 0 Å². The van der Waals surface area contributed by atoms with Crippen LogP contribution >= 0.6 is 11.3 Å². The van der Waals surface area contributed by atoms with Crippen LogP contribution in [0.5, 0.6) is 0 Å². The zero-order chi connectivity index (χ0) is 13.9. The number of amides is 1. The minimum absolute atomic E-state index is 0.0755. The van der Waals surface area contributed by atoms with Crippen molar-refractivity contribution in [2.24, 2.45) is 0 Å². The molecular weight excluding hydrogens is 270 g/mol. The van der Waals surface area contributed by atoms with E-state index in [9.17, 15) is 4.79 Å². The van der Waals surface area contributed by atoms with Gasteiger partial charge in [0.1, 0.15) is 0 Å². The van der Waals surface area contributed by atoms with Crippen LogP contribution in [-0.2, 0) is 4.79 Å². The van der Waals surface area contributed by atoms with Crippen LogP contribution in [-0.4, -0.2) is 24.5 Å². The number of hydrogen-bond acceptors (Lipinski definition) is 4. The molecule has 1 aromatic carbocycles. The van der Waals surface area contributed by atoms with Crippen LogP contribution in [0.3, 0.4) is 0 Å². The van der Waals surface area contributed by atoms with E-state index in [1.165, 1.54) is 22.5 Å². The number of nitrogens with zero attached hydrogens (tertiary/aromatic N) is 1. The molecule has 0 aliphatic heterocycles. The van der Waals surface area contributed by atoms with Crippen molar-refractivity contribution >= 4 is 33.1 Å². The molecule has 3 rings (SSSR count). The number of carbonyl (C=O) groups is 1. The zero-order valence-electron chi connectivity index (χ0n) is 11.6. The van der Waals surface area contributed by atoms with Crippen LogP contribution in [0.4, 0.5) is 5.69 Å². The van der Waals surface area contributed by atoms with Gasteiger partial charge in [0, 0.05) is 18.0 Å². The van der Waals surface area contributed by atoms with Crippen molar-refractivity contribution in [1.82, 2.24) is 10.3 Å². The predicted molar refractivity (Wildman–Crippen MR) is 83.4 cm³/mol. The van der Waals surface area contributed by atoms with Gasteiger partial charge in [-0.2, -0.15) is 0 Å². The number of benzene rings is 1. The van der Waals surface area contributed by atoms with Crippen LogP contribution < -0.4 is 10.6 Å². The van der Waals surface area contributed by atoms with E-state index in [0.717, 1.165) is 24.2 Å². The zero-order valence-corrected chi connectivity index (χ0v) is 12.4. The van der Waals surface area contributed by atoms with Crippen LogP contribution in [0.2, 0.25) is 0 Å². The third kappa shape index (κ3) is 3.16. The molecular formula is C15H19N3OS. The summed E-state index contributed by atoms with van der Waals surface area (Å²) >= 11 is 1.76. The monoisotopic (exact) mass is 289 g/mol. The Kier molecular flexibility index (Phi) is 3.98. The quantitative estimate of drug-likeness (QED) is 0.803. The maximum absolute atomic E-state index is 11.8. The van der Waals surface area contributed by atoms with Gasteiger partial charge in [-0.15, -0.1) is 11.3 Å². The maximum atomic E-state index is 11.8. The second-order valence-corrected chi connectivity index (χ2v) is 6.33. The number of fused-ring (bicyclic) bond motifs is 1. The highest BCUT2D eigenvalue weighted by Gasteiger charge is 2.26. The van der Waals surface area contributed by atoms with Gasteiger partial charge >= 0.3 is 0 Å². The van der Waals surface area contributed by atoms with Crippen molar-refractivity contribution in [3.63, 3.8) is 0 Å². The fourth-order valence-electron chi connectivity index (χ4n) is 2.17. The molecule has 1 aliphatic carbocycles. The molecule has 1 aromatic heterocycles. The Bertz CT molecular complexity index is 619. The van der Waals surface area contributed by atoms with E-state index in [4.69, 9.17) is 0 Å². The number of nitrogens with one attached hydrogen (secondary N) is 2. The van der Waals surface area contributed by atoms with Gasteiger partial charge < -0.3 is 10.6 Å². The molecule has 1 fully saturated rings. The summed E-state index contributed by atoms with van der Waals surface area (Å²) in [5.74, 6) is 0.763. The molecule has 5 heteroatoms. The summed E-state index contributed by atoms with van der Waals surface area (Å²) in [6, 6.07) is 5.98. The van der Waals surface area contributed by atoms with Crippen LogP contribution in [0.15, 0.2) is 18.2 Å². The van der Waals surface area contributed by atoms with Gasteiger partial charge in [-0.05, 0) is 51.1 Å². The molecule has 1 heterocycles. The van der Waals surface area contributed by atoms with Gasteiger partial charge in [0.05, 0.1) is 15.2 Å². The molecule has 2 aromatic rings. The average Bonchev–Trinajstić information content (AvgIpc) is 3.19. The van der Waals surface area contributed by atoms with Gasteiger partial charge in [-0.25, -0.2) is 4.98 Å². The molecule has 20 heavy (non-hydrogen) atoms. The Hall–Kier alpha value is -1.46. The second kappa shape index (κ2) is 5.89. The van der Waals surface area contributed by atoms with Crippen LogP contribution in [0.1, 0.15) is 36.6 Å². The standard InChI is InChI=1S/C15H19N3OS/c1-16-8-2-3-14(19)17-11-6-7-12-13(9-11)20-15(18-12)10-4-5-10/h6-7,9-10,16H,2-5,8H2,1H3,(H,17,19). The normalized spacial score (nSPS) is 14.7. The number of rotatable bonds is 6. The number of thiazole rings is 1. The fourth-order valence-corrected chi connectivity index (χ4v) is 3.35. The lowest BCUT2D eigenvalue weighted by Crippen LogP contribution is -2.15. The molecule has 1 amide bonds. The van der Waals surface area contributed by atoms with Crippen molar-refractivity contribution in [3.05, 3.63) is 23.2 Å². The van der Waals surface area contributed by atoms with E-state index in [1.54, 1.807) is 11.3 Å². The fraction of sp³-hybridized carbons (Fsp3) is 0.467. The Balaban J connectivity index is 1.67. The molecule has 0 atom stereocenters. The highest BCUT2D eigenvalue weighted by atomic mass is 32.1. The number of carbonyl (C=O) groups excluding carboxylic acids is 1. The smallest absolute Gasteiger partial charge is 0.224 e. The third-order valence-electron chi connectivity index (χ3n) is 3.45. The summed E-state index contributed by atoms with van der Waals surface area (Å²) in [4.78, 5) is 16.4. The first kappa shape index (κ1) is 13.5. The van der Waals surface area contributed by atoms with E-state index < -0.39 is 0 Å². The van der Waals surface area contributed by atoms with Crippen LogP contribution in [0.25, 0.3) is 10.2 Å². The Morgan fingerprint density at radius 1 is 1.45 bits per heavy atom. The van der Waals surface area contributed by atoms with Crippen molar-refractivity contribution < 1.29 is 4.79 Å². The summed E-state index contributed by atoms with van der Waals surface area (Å²) in [6.45, 7) is 0.867. The van der Waals surface area contributed by atoms with Gasteiger partial charge in [0.25, 0.3) is 0 Å². The Morgan fingerprint density at radius 2 is 2.30 bits per heavy atom. The van der Waals surface area contributed by atoms with E-state index in [2.05, 4.69) is 15.6 Å². The maximum Gasteiger partial charge on any atom is 0.224 e. The van der Waals surface area contributed by atoms with E-state index >= 15 is 0 Å². The SMILES string of the molecule is CNCCCC(=O)Nc1ccc2nc(C3CC3)sc2c1. The highest BCUT2D eigenvalue weighted by molar-refractivity contribution is 7.18. The number of hydrogen-bond donors (Lipinski definition) is 2. The number of anilines is 1. The van der Waals surface area contributed by atoms with Gasteiger partial charge in [0.15, 0.2) is 0 Å². The molecule has 1 saturated carbocycles. The largest absolute Gasteiger partial charge is 0.326 e. The van der Waals surface area contributed by atoms with Gasteiger partial charge in [0.2, 0.25) is 5.91 Å². The molecule has 2 N–H and O–H groups in total. The average molecular weight is 289 g/mol. The Morgan fingerprint density at radius 3 is 3.05 bits per heavy atom. The molecule has 0 bridgehead atoms. The minimum atomic E-state index is 0.0755. The van der Waals surface area contributed by atoms with Gasteiger partial charge in [-0.3, -0.25) is 4.79 Å². The molecule has 1 aliphatic rings. The summed E-state index contributed by atoms with van der Waals surface area (Å²) in [6.07, 6.45) is 3.95. The van der Waals surface area contributed by atoms with Crippen molar-refractivity contribution in [2.75, 3.05) is 18.9 Å². The summed E-state index contributed by atoms with van der Waals surface area (Å²) in [7, 11) is 1.90. The first-order valence-corrected chi connectivity index (χ1v) is 7.93. The summed E-state index contributed by atoms with van der Waals surface area (Å²) < 4.78 is 1.17. The lowest BCUT2D eigenvalue weighted by Gasteiger charge is -2.04. The van der Waals surface area contributed by atoms with Crippen molar-refractivity contribution in [2.45, 2.75) is 31.6 Å². The molecule has 0 saturated heterocycles. The highest BCUT2D eigenvalue weighted by Crippen LogP contribution is 2.43. The first-order valence-electron chi connectivity index (χ1n) is 7.11. The molecule has 0 unspecified atom stereocenters. The lowest BCUT2D eigenvalue weighted by molar-refractivity contribution is -0.116. The lowest BCUT2D eigenvalue weighted by atomic mass is 10.2. The van der Waals surface area contributed by atoms with E-state index in [-0.39, 0.29) is 5.91 Å². The third-order valence-corrected chi connectivity index (χ3v) is 4.63. The minimum Gasteiger partial charge on any atom is -0.326 e. The molecule has 0 spiro atoms. The van der Waals surface area contributed by atoms with Crippen molar-refractivity contribution in [1.29, 1.82) is 0 Å². The number of aromatic nitrogens is 1. The molecule has 0 radical (unpaired) electrons. The summed E-state index contributed by atoms with van der Waals surface area (Å²) in [5.41, 5.74) is 1.92. The molecule has 106 valence electrons. The molecule has 4 nitrogen and oxygen atoms in total. The Labute approximate surface area is 122 Å². The van der Waals surface area contributed by atoms with E-state index in [1.807, 2.05) is 25.2 Å².